The van der Waals surface area contributed by atoms with Crippen LogP contribution in [0.2, 0.25) is 0 Å². The Hall–Kier alpha value is -3.82. The minimum atomic E-state index is -1.26. The largest absolute Gasteiger partial charge is 0.494 e. The van der Waals surface area contributed by atoms with Gasteiger partial charge in [-0.05, 0) is 80.1 Å². The van der Waals surface area contributed by atoms with Gasteiger partial charge in [-0.2, -0.15) is 0 Å². The molecule has 9 heteroatoms. The summed E-state index contributed by atoms with van der Waals surface area (Å²) in [5.74, 6) is 1.03. The summed E-state index contributed by atoms with van der Waals surface area (Å²) in [7, 11) is 0. The van der Waals surface area contributed by atoms with Crippen LogP contribution in [0.3, 0.4) is 0 Å². The van der Waals surface area contributed by atoms with E-state index in [9.17, 15) is 15.0 Å². The van der Waals surface area contributed by atoms with Gasteiger partial charge < -0.3 is 20.3 Å². The number of nitrogens with zero attached hydrogens (tertiary/aromatic N) is 3. The molecule has 0 unspecified atom stereocenters. The van der Waals surface area contributed by atoms with Gasteiger partial charge in [0.05, 0.1) is 22.7 Å². The average molecular weight is 503 g/mol. The lowest BCUT2D eigenvalue weighted by Gasteiger charge is -2.33. The van der Waals surface area contributed by atoms with Crippen molar-refractivity contribution in [1.29, 1.82) is 0 Å². The summed E-state index contributed by atoms with van der Waals surface area (Å²) in [5.41, 5.74) is 2.29. The minimum Gasteiger partial charge on any atom is -0.494 e. The topological polar surface area (TPSA) is 117 Å². The normalized spacial score (nSPS) is 16.9. The van der Waals surface area contributed by atoms with Crippen LogP contribution in [0.5, 0.6) is 5.75 Å². The summed E-state index contributed by atoms with van der Waals surface area (Å²) in [4.78, 5) is 25.9. The van der Waals surface area contributed by atoms with Crippen molar-refractivity contribution in [3.05, 3.63) is 82.1 Å². The van der Waals surface area contributed by atoms with Crippen LogP contribution in [0.4, 0.5) is 11.6 Å². The van der Waals surface area contributed by atoms with Crippen molar-refractivity contribution in [1.82, 2.24) is 15.0 Å². The van der Waals surface area contributed by atoms with Crippen LogP contribution in [0.1, 0.15) is 51.8 Å². The summed E-state index contributed by atoms with van der Waals surface area (Å²) in [6.45, 7) is 4.50. The molecule has 0 saturated carbocycles. The number of hydrogen-bond acceptors (Lipinski definition) is 8. The van der Waals surface area contributed by atoms with Gasteiger partial charge in [-0.3, -0.25) is 0 Å². The summed E-state index contributed by atoms with van der Waals surface area (Å²) in [5, 5.41) is 24.9. The molecule has 0 radical (unpaired) electrons. The molecule has 0 aliphatic heterocycles. The third-order valence-corrected chi connectivity index (χ3v) is 7.33. The van der Waals surface area contributed by atoms with E-state index in [1.165, 1.54) is 11.3 Å². The second-order valence-corrected chi connectivity index (χ2v) is 9.80. The van der Waals surface area contributed by atoms with Crippen LogP contribution in [0.25, 0.3) is 10.6 Å². The van der Waals surface area contributed by atoms with Crippen molar-refractivity contribution in [2.24, 2.45) is 0 Å². The van der Waals surface area contributed by atoms with Crippen molar-refractivity contribution >= 4 is 28.9 Å². The van der Waals surface area contributed by atoms with Crippen molar-refractivity contribution < 1.29 is 19.7 Å². The van der Waals surface area contributed by atoms with E-state index in [4.69, 9.17) is 9.72 Å². The molecule has 0 bridgehead atoms. The molecule has 0 spiro atoms. The predicted octanol–water partition coefficient (Wildman–Crippen LogP) is 5.32. The van der Waals surface area contributed by atoms with Crippen LogP contribution in [-0.2, 0) is 12.0 Å². The maximum Gasteiger partial charge on any atom is 0.335 e. The smallest absolute Gasteiger partial charge is 0.335 e. The summed E-state index contributed by atoms with van der Waals surface area (Å²) in [6.07, 6.45) is 5.41. The second kappa shape index (κ2) is 9.67. The highest BCUT2D eigenvalue weighted by Gasteiger charge is 2.39. The lowest BCUT2D eigenvalue weighted by atomic mass is 9.79. The lowest BCUT2D eigenvalue weighted by molar-refractivity contribution is 0.0607. The third kappa shape index (κ3) is 4.67. The van der Waals surface area contributed by atoms with Gasteiger partial charge in [-0.1, -0.05) is 6.07 Å². The average Bonchev–Trinajstić information content (AvgIpc) is 3.35. The number of carboxylic acids is 1. The number of rotatable bonds is 7. The molecular weight excluding hydrogens is 476 g/mol. The molecule has 3 N–H and O–H groups in total. The monoisotopic (exact) mass is 502 g/mol. The Morgan fingerprint density at radius 1 is 1.17 bits per heavy atom. The zero-order chi connectivity index (χ0) is 25.3. The number of carbonyl (C=O) groups is 1. The van der Waals surface area contributed by atoms with Gasteiger partial charge in [0.2, 0.25) is 0 Å². The third-order valence-electron chi connectivity index (χ3n) is 6.16. The number of ether oxygens (including phenoxy) is 1. The van der Waals surface area contributed by atoms with Crippen LogP contribution >= 0.6 is 11.3 Å². The zero-order valence-electron chi connectivity index (χ0n) is 20.0. The Labute approximate surface area is 212 Å². The fourth-order valence-corrected chi connectivity index (χ4v) is 5.55. The van der Waals surface area contributed by atoms with E-state index in [1.54, 1.807) is 36.7 Å². The van der Waals surface area contributed by atoms with E-state index in [-0.39, 0.29) is 5.56 Å². The Bertz CT molecular complexity index is 1440. The van der Waals surface area contributed by atoms with Crippen LogP contribution in [0, 0.1) is 6.92 Å². The first kappa shape index (κ1) is 23.9. The van der Waals surface area contributed by atoms with E-state index in [0.29, 0.717) is 29.7 Å². The number of aliphatic hydroxyl groups is 1. The van der Waals surface area contributed by atoms with Gasteiger partial charge in [0.1, 0.15) is 28.0 Å². The van der Waals surface area contributed by atoms with E-state index in [1.807, 2.05) is 32.0 Å². The highest BCUT2D eigenvalue weighted by molar-refractivity contribution is 7.15. The number of fused-ring (bicyclic) bond motifs is 1. The fourth-order valence-electron chi connectivity index (χ4n) is 4.54. The molecule has 0 fully saturated rings. The second-order valence-electron chi connectivity index (χ2n) is 8.77. The number of hydrogen-bond donors (Lipinski definition) is 3. The Balaban J connectivity index is 1.45. The summed E-state index contributed by atoms with van der Waals surface area (Å²) >= 11 is 1.39. The zero-order valence-corrected chi connectivity index (χ0v) is 20.8. The predicted molar refractivity (Wildman–Crippen MR) is 138 cm³/mol. The van der Waals surface area contributed by atoms with Gasteiger partial charge in [-0.25, -0.2) is 19.7 Å². The first-order valence-corrected chi connectivity index (χ1v) is 12.6. The molecule has 1 aliphatic carbocycles. The number of nitrogens with one attached hydrogen (secondary N) is 1. The van der Waals surface area contributed by atoms with Gasteiger partial charge in [0.15, 0.2) is 0 Å². The highest BCUT2D eigenvalue weighted by atomic mass is 32.1. The number of anilines is 2. The molecular formula is C27H26N4O4S. The number of aryl methyl sites for hydroxylation is 2. The van der Waals surface area contributed by atoms with Crippen molar-refractivity contribution in [2.45, 2.75) is 38.7 Å². The standard InChI is InChI=1S/C27H26N4O4S/c1-3-35-19-8-10-28-23(14-19)31-24-12-16(2)11-21(30-24)22-15-29-26(36-22)27(34)9-4-5-17-13-18(25(32)33)6-7-20(17)27/h6-8,10-15,34H,3-5,9H2,1-2H3,(H,32,33)(H,28,30,31)/t27-/m0/s1. The van der Waals surface area contributed by atoms with Crippen LogP contribution in [-0.4, -0.2) is 37.7 Å². The number of thiazole rings is 1. The molecule has 5 rings (SSSR count). The molecule has 0 amide bonds. The van der Waals surface area contributed by atoms with E-state index in [2.05, 4.69) is 15.3 Å². The van der Waals surface area contributed by atoms with Crippen LogP contribution < -0.4 is 10.1 Å². The number of pyridine rings is 2. The first-order chi connectivity index (χ1) is 17.4. The molecule has 1 aromatic carbocycles. The summed E-state index contributed by atoms with van der Waals surface area (Å²) in [6, 6.07) is 12.5. The molecule has 1 atom stereocenters. The highest BCUT2D eigenvalue weighted by Crippen LogP contribution is 2.43. The molecule has 184 valence electrons. The Morgan fingerprint density at radius 2 is 2.03 bits per heavy atom. The van der Waals surface area contributed by atoms with Gasteiger partial charge in [-0.15, -0.1) is 11.3 Å². The maximum atomic E-state index is 11.7. The molecule has 3 heterocycles. The molecule has 1 aliphatic rings. The molecule has 8 nitrogen and oxygen atoms in total. The lowest BCUT2D eigenvalue weighted by Crippen LogP contribution is -2.32. The molecule has 0 saturated heterocycles. The van der Waals surface area contributed by atoms with Crippen molar-refractivity contribution in [2.75, 3.05) is 11.9 Å². The summed E-state index contributed by atoms with van der Waals surface area (Å²) < 4.78 is 5.55. The Morgan fingerprint density at radius 3 is 2.83 bits per heavy atom. The van der Waals surface area contributed by atoms with Crippen molar-refractivity contribution in [3.8, 4) is 16.3 Å². The molecule has 3 aromatic heterocycles. The SMILES string of the molecule is CCOc1ccnc(Nc2cc(C)cc(-c3cnc([C@]4(O)CCCc5cc(C(=O)O)ccc54)s3)n2)c1. The van der Waals surface area contributed by atoms with Crippen molar-refractivity contribution in [3.63, 3.8) is 0 Å². The number of benzene rings is 1. The fraction of sp³-hybridized carbons (Fsp3) is 0.259. The molecule has 4 aromatic rings. The van der Waals surface area contributed by atoms with Crippen LogP contribution in [0.15, 0.2) is 54.9 Å². The number of carboxylic acid groups (broad SMARTS) is 1. The minimum absolute atomic E-state index is 0.225. The van der Waals surface area contributed by atoms with Gasteiger partial charge >= 0.3 is 5.97 Å². The molecule has 36 heavy (non-hydrogen) atoms. The number of aromatic nitrogens is 3. The van der Waals surface area contributed by atoms with Gasteiger partial charge in [0, 0.05) is 18.5 Å². The van der Waals surface area contributed by atoms with E-state index in [0.717, 1.165) is 45.9 Å². The number of aromatic carboxylic acids is 1. The van der Waals surface area contributed by atoms with E-state index >= 15 is 0 Å². The van der Waals surface area contributed by atoms with Gasteiger partial charge in [0.25, 0.3) is 0 Å². The maximum absolute atomic E-state index is 11.7. The Kier molecular flexibility index (Phi) is 6.42. The first-order valence-electron chi connectivity index (χ1n) is 11.8. The van der Waals surface area contributed by atoms with E-state index < -0.39 is 11.6 Å². The quantitative estimate of drug-likeness (QED) is 0.311.